The predicted octanol–water partition coefficient (Wildman–Crippen LogP) is 1.20. The van der Waals surface area contributed by atoms with Gasteiger partial charge in [0.15, 0.2) is 5.60 Å². The van der Waals surface area contributed by atoms with Crippen molar-refractivity contribution in [3.63, 3.8) is 0 Å². The first-order valence-corrected chi connectivity index (χ1v) is 7.01. The fourth-order valence-electron chi connectivity index (χ4n) is 3.07. The molecular formula is C14H25NO4. The smallest absolute Gasteiger partial charge is 0.260 e. The lowest BCUT2D eigenvalue weighted by atomic mass is 9.98. The number of hydrogen-bond acceptors (Lipinski definition) is 4. The predicted molar refractivity (Wildman–Crippen MR) is 70.9 cm³/mol. The van der Waals surface area contributed by atoms with Crippen LogP contribution in [0, 0.1) is 0 Å². The van der Waals surface area contributed by atoms with E-state index in [2.05, 4.69) is 0 Å². The summed E-state index contributed by atoms with van der Waals surface area (Å²) >= 11 is 0. The van der Waals surface area contributed by atoms with Crippen LogP contribution in [-0.4, -0.2) is 60.5 Å². The topological polar surface area (TPSA) is 48.0 Å². The van der Waals surface area contributed by atoms with E-state index in [0.717, 1.165) is 0 Å². The zero-order valence-corrected chi connectivity index (χ0v) is 12.7. The number of carbonyl (C=O) groups is 1. The summed E-state index contributed by atoms with van der Waals surface area (Å²) in [4.78, 5) is 14.2. The number of carbonyl (C=O) groups excluding carboxylic acids is 1. The van der Waals surface area contributed by atoms with E-state index < -0.39 is 5.60 Å². The molecule has 19 heavy (non-hydrogen) atoms. The van der Waals surface area contributed by atoms with Gasteiger partial charge in [0.25, 0.3) is 5.91 Å². The molecule has 0 aromatic rings. The Labute approximate surface area is 115 Å². The quantitative estimate of drug-likeness (QED) is 0.754. The molecule has 2 bridgehead atoms. The molecule has 2 rings (SSSR count). The third-order valence-electron chi connectivity index (χ3n) is 3.83. The van der Waals surface area contributed by atoms with Crippen LogP contribution < -0.4 is 0 Å². The molecule has 2 heterocycles. The lowest BCUT2D eigenvalue weighted by Crippen LogP contribution is -2.53. The summed E-state index contributed by atoms with van der Waals surface area (Å²) in [5, 5.41) is 0. The Morgan fingerprint density at radius 2 is 1.95 bits per heavy atom. The number of morpholine rings is 1. The van der Waals surface area contributed by atoms with Crippen molar-refractivity contribution in [1.29, 1.82) is 0 Å². The molecule has 1 unspecified atom stereocenters. The van der Waals surface area contributed by atoms with E-state index in [1.54, 1.807) is 4.90 Å². The summed E-state index contributed by atoms with van der Waals surface area (Å²) in [6, 6.07) is -0.0225. The molecule has 0 spiro atoms. The molecule has 0 aromatic heterocycles. The van der Waals surface area contributed by atoms with E-state index in [0.29, 0.717) is 0 Å². The Balaban J connectivity index is 2.26. The third kappa shape index (κ3) is 2.28. The maximum absolute atomic E-state index is 12.5. The number of rotatable bonds is 5. The third-order valence-corrected chi connectivity index (χ3v) is 3.83. The first-order chi connectivity index (χ1) is 8.79. The van der Waals surface area contributed by atoms with Crippen molar-refractivity contribution in [2.75, 3.05) is 13.7 Å². The second-order valence-corrected chi connectivity index (χ2v) is 6.08. The lowest BCUT2D eigenvalue weighted by molar-refractivity contribution is -0.181. The molecule has 0 aliphatic carbocycles. The molecule has 4 atom stereocenters. The van der Waals surface area contributed by atoms with Gasteiger partial charge in [-0.25, -0.2) is 0 Å². The van der Waals surface area contributed by atoms with Crippen LogP contribution in [0.2, 0.25) is 0 Å². The highest BCUT2D eigenvalue weighted by molar-refractivity contribution is 5.90. The van der Waals surface area contributed by atoms with E-state index in [1.165, 1.54) is 0 Å². The van der Waals surface area contributed by atoms with Gasteiger partial charge in [0.05, 0.1) is 31.0 Å². The molecule has 0 radical (unpaired) electrons. The molecule has 0 N–H and O–H groups in total. The summed E-state index contributed by atoms with van der Waals surface area (Å²) < 4.78 is 17.6. The van der Waals surface area contributed by atoms with Crippen LogP contribution in [0.3, 0.4) is 0 Å². The highest BCUT2D eigenvalue weighted by Gasteiger charge is 2.68. The van der Waals surface area contributed by atoms with E-state index in [4.69, 9.17) is 14.2 Å². The van der Waals surface area contributed by atoms with Gasteiger partial charge in [-0.2, -0.15) is 0 Å². The zero-order valence-electron chi connectivity index (χ0n) is 12.7. The van der Waals surface area contributed by atoms with Crippen molar-refractivity contribution >= 4 is 5.91 Å². The molecule has 2 fully saturated rings. The molecule has 2 saturated heterocycles. The highest BCUT2D eigenvalue weighted by Crippen LogP contribution is 2.44. The number of likely N-dealkylation sites (tertiary alicyclic amines) is 1. The summed E-state index contributed by atoms with van der Waals surface area (Å²) in [5.41, 5.74) is -0.965. The monoisotopic (exact) mass is 271 g/mol. The van der Waals surface area contributed by atoms with Crippen LogP contribution in [0.15, 0.2) is 0 Å². The van der Waals surface area contributed by atoms with Crippen molar-refractivity contribution in [1.82, 2.24) is 4.90 Å². The standard InChI is InChI=1S/C14H25NO4/c1-8(2)17-7-14-12(18-9(3)4)11(10(5)19-14)15(6)13(14)16/h8-12H,7H2,1-6H3/t10-,11+,12?,14+/m0/s1. The van der Waals surface area contributed by atoms with Crippen LogP contribution in [-0.2, 0) is 19.0 Å². The van der Waals surface area contributed by atoms with Crippen molar-refractivity contribution in [2.24, 2.45) is 0 Å². The first-order valence-electron chi connectivity index (χ1n) is 7.01. The van der Waals surface area contributed by atoms with Crippen LogP contribution >= 0.6 is 0 Å². The highest BCUT2D eigenvalue weighted by atomic mass is 16.6. The van der Waals surface area contributed by atoms with Gasteiger partial charge in [-0.15, -0.1) is 0 Å². The molecule has 5 nitrogen and oxygen atoms in total. The fraction of sp³-hybridized carbons (Fsp3) is 0.929. The Hall–Kier alpha value is -0.650. The summed E-state index contributed by atoms with van der Waals surface area (Å²) in [6.45, 7) is 10.1. The normalized spacial score (nSPS) is 38.0. The molecular weight excluding hydrogens is 246 g/mol. The number of hydrogen-bond donors (Lipinski definition) is 0. The van der Waals surface area contributed by atoms with Crippen molar-refractivity contribution in [2.45, 2.75) is 70.7 Å². The van der Waals surface area contributed by atoms with Gasteiger partial charge in [0.1, 0.15) is 6.10 Å². The van der Waals surface area contributed by atoms with Gasteiger partial charge >= 0.3 is 0 Å². The fourth-order valence-corrected chi connectivity index (χ4v) is 3.07. The van der Waals surface area contributed by atoms with Gasteiger partial charge in [-0.1, -0.05) is 0 Å². The van der Waals surface area contributed by atoms with Crippen molar-refractivity contribution in [3.8, 4) is 0 Å². The molecule has 0 aromatic carbocycles. The van der Waals surface area contributed by atoms with Crippen molar-refractivity contribution < 1.29 is 19.0 Å². The van der Waals surface area contributed by atoms with E-state index in [1.807, 2.05) is 41.7 Å². The van der Waals surface area contributed by atoms with Gasteiger partial charge in [-0.05, 0) is 34.6 Å². The summed E-state index contributed by atoms with van der Waals surface area (Å²) in [7, 11) is 1.82. The van der Waals surface area contributed by atoms with E-state index >= 15 is 0 Å². The number of nitrogens with zero attached hydrogens (tertiary/aromatic N) is 1. The average molecular weight is 271 g/mol. The minimum absolute atomic E-state index is 0.0225. The van der Waals surface area contributed by atoms with Gasteiger partial charge in [-0.3, -0.25) is 4.79 Å². The van der Waals surface area contributed by atoms with Crippen LogP contribution in [0.4, 0.5) is 0 Å². The maximum Gasteiger partial charge on any atom is 0.260 e. The Kier molecular flexibility index (Phi) is 3.91. The largest absolute Gasteiger partial charge is 0.375 e. The van der Waals surface area contributed by atoms with Crippen LogP contribution in [0.5, 0.6) is 0 Å². The molecule has 110 valence electrons. The van der Waals surface area contributed by atoms with Crippen LogP contribution in [0.1, 0.15) is 34.6 Å². The average Bonchev–Trinajstić information content (AvgIpc) is 2.66. The Bertz CT molecular complexity index is 357. The maximum atomic E-state index is 12.5. The number of amides is 1. The molecule has 0 saturated carbocycles. The van der Waals surface area contributed by atoms with Crippen molar-refractivity contribution in [3.05, 3.63) is 0 Å². The number of fused-ring (bicyclic) bond motifs is 2. The summed E-state index contributed by atoms with van der Waals surface area (Å²) in [5.74, 6) is -0.0260. The van der Waals surface area contributed by atoms with Crippen LogP contribution in [0.25, 0.3) is 0 Å². The zero-order chi connectivity index (χ0) is 14.4. The molecule has 1 amide bonds. The number of likely N-dealkylation sites (N-methyl/N-ethyl adjacent to an activating group) is 1. The van der Waals surface area contributed by atoms with E-state index in [-0.39, 0.29) is 43.0 Å². The second kappa shape index (κ2) is 5.04. The summed E-state index contributed by atoms with van der Waals surface area (Å²) in [6.07, 6.45) is -0.161. The number of ether oxygens (including phenoxy) is 3. The van der Waals surface area contributed by atoms with Gasteiger partial charge in [0, 0.05) is 7.05 Å². The SMILES string of the molecule is CC(C)OC[C@@]12O[C@@H](C)[C@H](C1OC(C)C)N(C)C2=O. The minimum atomic E-state index is -0.965. The molecule has 2 aliphatic heterocycles. The Morgan fingerprint density at radius 1 is 1.32 bits per heavy atom. The molecule has 5 heteroatoms. The van der Waals surface area contributed by atoms with Gasteiger partial charge < -0.3 is 19.1 Å². The lowest BCUT2D eigenvalue weighted by Gasteiger charge is -2.33. The van der Waals surface area contributed by atoms with E-state index in [9.17, 15) is 4.79 Å². The first kappa shape index (κ1) is 14.8. The Morgan fingerprint density at radius 3 is 2.47 bits per heavy atom. The molecule has 2 aliphatic rings. The second-order valence-electron chi connectivity index (χ2n) is 6.08. The van der Waals surface area contributed by atoms with Gasteiger partial charge in [0.2, 0.25) is 0 Å². The minimum Gasteiger partial charge on any atom is -0.375 e.